The minimum Gasteiger partial charge on any atom is -0.497 e. The minimum atomic E-state index is 0.850. The molecule has 0 bridgehead atoms. The molecule has 2 aromatic carbocycles. The van der Waals surface area contributed by atoms with E-state index in [1.54, 1.807) is 18.4 Å². The predicted molar refractivity (Wildman–Crippen MR) is 95.4 cm³/mol. The summed E-state index contributed by atoms with van der Waals surface area (Å²) in [4.78, 5) is 5.81. The van der Waals surface area contributed by atoms with Crippen molar-refractivity contribution in [3.05, 3.63) is 76.0 Å². The molecule has 3 aromatic rings. The van der Waals surface area contributed by atoms with Gasteiger partial charge in [-0.2, -0.15) is 0 Å². The third-order valence-electron chi connectivity index (χ3n) is 3.76. The monoisotopic (exact) mass is 324 g/mol. The zero-order chi connectivity index (χ0) is 16.1. The van der Waals surface area contributed by atoms with E-state index < -0.39 is 0 Å². The summed E-state index contributed by atoms with van der Waals surface area (Å²) < 4.78 is 7.47. The molecule has 3 nitrogen and oxygen atoms in total. The molecule has 1 aromatic heterocycles. The van der Waals surface area contributed by atoms with Crippen LogP contribution in [0.15, 0.2) is 65.0 Å². The van der Waals surface area contributed by atoms with Gasteiger partial charge in [-0.1, -0.05) is 30.3 Å². The van der Waals surface area contributed by atoms with Gasteiger partial charge in [-0.15, -0.1) is 11.3 Å². The lowest BCUT2D eigenvalue weighted by atomic mass is 10.1. The van der Waals surface area contributed by atoms with Gasteiger partial charge in [-0.25, -0.2) is 4.99 Å². The van der Waals surface area contributed by atoms with Crippen LogP contribution in [0.1, 0.15) is 11.3 Å². The Morgan fingerprint density at radius 3 is 2.48 bits per heavy atom. The average molecular weight is 324 g/mol. The summed E-state index contributed by atoms with van der Waals surface area (Å²) in [6.45, 7) is 3.07. The summed E-state index contributed by atoms with van der Waals surface area (Å²) in [6, 6.07) is 18.4. The fourth-order valence-electron chi connectivity index (χ4n) is 2.43. The zero-order valence-electron chi connectivity index (χ0n) is 13.4. The number of aromatic nitrogens is 1. The van der Waals surface area contributed by atoms with Gasteiger partial charge in [-0.05, 0) is 43.2 Å². The van der Waals surface area contributed by atoms with Crippen molar-refractivity contribution in [1.29, 1.82) is 0 Å². The van der Waals surface area contributed by atoms with E-state index in [4.69, 9.17) is 9.73 Å². The molecule has 3 rings (SSSR count). The van der Waals surface area contributed by atoms with Crippen LogP contribution in [0.4, 0.5) is 5.69 Å². The van der Waals surface area contributed by atoms with E-state index in [9.17, 15) is 0 Å². The van der Waals surface area contributed by atoms with Crippen molar-refractivity contribution >= 4 is 17.0 Å². The lowest BCUT2D eigenvalue weighted by molar-refractivity contribution is 0.415. The van der Waals surface area contributed by atoms with E-state index in [-0.39, 0.29) is 0 Å². The van der Waals surface area contributed by atoms with Crippen molar-refractivity contribution < 1.29 is 4.74 Å². The van der Waals surface area contributed by atoms with Crippen LogP contribution in [-0.2, 0) is 13.0 Å². The van der Waals surface area contributed by atoms with Crippen molar-refractivity contribution in [3.8, 4) is 5.75 Å². The molecule has 0 N–H and O–H groups in total. The lowest BCUT2D eigenvalue weighted by Crippen LogP contribution is -2.17. The highest BCUT2D eigenvalue weighted by atomic mass is 32.1. The lowest BCUT2D eigenvalue weighted by Gasteiger charge is -2.06. The Balaban J connectivity index is 1.84. The molecule has 4 heteroatoms. The van der Waals surface area contributed by atoms with E-state index in [0.29, 0.717) is 0 Å². The molecule has 0 radical (unpaired) electrons. The van der Waals surface area contributed by atoms with E-state index >= 15 is 0 Å². The molecule has 118 valence electrons. The van der Waals surface area contributed by atoms with Crippen molar-refractivity contribution in [2.75, 3.05) is 7.11 Å². The van der Waals surface area contributed by atoms with Crippen molar-refractivity contribution in [1.82, 2.24) is 4.57 Å². The van der Waals surface area contributed by atoms with Crippen LogP contribution in [0.2, 0.25) is 0 Å². The number of methoxy groups -OCH3 is 1. The van der Waals surface area contributed by atoms with Gasteiger partial charge in [-0.3, -0.25) is 0 Å². The van der Waals surface area contributed by atoms with Gasteiger partial charge in [0.05, 0.1) is 12.8 Å². The van der Waals surface area contributed by atoms with Gasteiger partial charge < -0.3 is 9.30 Å². The molecule has 1 heterocycles. The SMILES string of the molecule is COc1ccc(N=c2scc(C)n2CCc2ccccc2)cc1. The maximum atomic E-state index is 5.19. The molecular formula is C19H20N2OS. The fourth-order valence-corrected chi connectivity index (χ4v) is 3.35. The summed E-state index contributed by atoms with van der Waals surface area (Å²) in [7, 11) is 1.67. The Kier molecular flexibility index (Phi) is 4.93. The average Bonchev–Trinajstić information content (AvgIpc) is 2.94. The summed E-state index contributed by atoms with van der Waals surface area (Å²) in [5.74, 6) is 0.850. The summed E-state index contributed by atoms with van der Waals surface area (Å²) in [6.07, 6.45) is 1.01. The molecule has 0 saturated heterocycles. The van der Waals surface area contributed by atoms with Crippen LogP contribution in [0, 0.1) is 6.92 Å². The van der Waals surface area contributed by atoms with E-state index in [1.165, 1.54) is 11.3 Å². The molecule has 0 aliphatic heterocycles. The summed E-state index contributed by atoms with van der Waals surface area (Å²) in [5, 5.41) is 2.16. The maximum Gasteiger partial charge on any atom is 0.190 e. The molecule has 0 atom stereocenters. The topological polar surface area (TPSA) is 26.5 Å². The molecule has 0 fully saturated rings. The highest BCUT2D eigenvalue weighted by Crippen LogP contribution is 2.17. The summed E-state index contributed by atoms with van der Waals surface area (Å²) >= 11 is 1.68. The number of nitrogens with zero attached hydrogens (tertiary/aromatic N) is 2. The van der Waals surface area contributed by atoms with Gasteiger partial charge in [0.15, 0.2) is 4.80 Å². The largest absolute Gasteiger partial charge is 0.497 e. The first-order valence-electron chi connectivity index (χ1n) is 7.64. The molecular weight excluding hydrogens is 304 g/mol. The van der Waals surface area contributed by atoms with Gasteiger partial charge in [0.1, 0.15) is 5.75 Å². The first-order chi connectivity index (χ1) is 11.3. The van der Waals surface area contributed by atoms with E-state index in [0.717, 1.165) is 29.2 Å². The second-order valence-corrected chi connectivity index (χ2v) is 6.19. The van der Waals surface area contributed by atoms with E-state index in [1.807, 2.05) is 24.3 Å². The van der Waals surface area contributed by atoms with Crippen LogP contribution in [0.3, 0.4) is 0 Å². The normalized spacial score (nSPS) is 11.7. The Morgan fingerprint density at radius 1 is 1.04 bits per heavy atom. The fraction of sp³-hybridized carbons (Fsp3) is 0.211. The van der Waals surface area contributed by atoms with Gasteiger partial charge in [0.2, 0.25) is 0 Å². The Labute approximate surface area is 140 Å². The molecule has 0 aliphatic rings. The number of aryl methyl sites for hydroxylation is 2. The third kappa shape index (κ3) is 3.90. The third-order valence-corrected chi connectivity index (χ3v) is 4.74. The Morgan fingerprint density at radius 2 is 1.78 bits per heavy atom. The van der Waals surface area contributed by atoms with Crippen LogP contribution >= 0.6 is 11.3 Å². The van der Waals surface area contributed by atoms with Gasteiger partial charge >= 0.3 is 0 Å². The van der Waals surface area contributed by atoms with Crippen LogP contribution in [0.25, 0.3) is 0 Å². The Bertz CT molecular complexity index is 817. The van der Waals surface area contributed by atoms with Crippen LogP contribution in [-0.4, -0.2) is 11.7 Å². The smallest absolute Gasteiger partial charge is 0.190 e. The minimum absolute atomic E-state index is 0.850. The maximum absolute atomic E-state index is 5.19. The first kappa shape index (κ1) is 15.6. The zero-order valence-corrected chi connectivity index (χ0v) is 14.2. The van der Waals surface area contributed by atoms with Crippen molar-refractivity contribution in [2.45, 2.75) is 19.9 Å². The number of hydrogen-bond donors (Lipinski definition) is 0. The Hall–Kier alpha value is -2.33. The molecule has 23 heavy (non-hydrogen) atoms. The number of thiazole rings is 1. The molecule has 0 saturated carbocycles. The van der Waals surface area contributed by atoms with Crippen LogP contribution < -0.4 is 9.54 Å². The first-order valence-corrected chi connectivity index (χ1v) is 8.52. The number of benzene rings is 2. The number of hydrogen-bond acceptors (Lipinski definition) is 3. The second-order valence-electron chi connectivity index (χ2n) is 5.36. The molecule has 0 spiro atoms. The molecule has 0 unspecified atom stereocenters. The van der Waals surface area contributed by atoms with Crippen molar-refractivity contribution in [2.24, 2.45) is 4.99 Å². The number of rotatable bonds is 5. The number of ether oxygens (including phenoxy) is 1. The molecule has 0 amide bonds. The summed E-state index contributed by atoms with van der Waals surface area (Å²) in [5.41, 5.74) is 3.54. The second kappa shape index (κ2) is 7.29. The quantitative estimate of drug-likeness (QED) is 0.685. The van der Waals surface area contributed by atoms with Gasteiger partial charge in [0.25, 0.3) is 0 Å². The highest BCUT2D eigenvalue weighted by Gasteiger charge is 2.02. The standard InChI is InChI=1S/C19H20N2OS/c1-15-14-23-19(20-17-8-10-18(22-2)11-9-17)21(15)13-12-16-6-4-3-5-7-16/h3-11,14H,12-13H2,1-2H3. The predicted octanol–water partition coefficient (Wildman–Crippen LogP) is 4.34. The molecule has 0 aliphatic carbocycles. The van der Waals surface area contributed by atoms with Gasteiger partial charge in [0, 0.05) is 17.6 Å². The van der Waals surface area contributed by atoms with E-state index in [2.05, 4.69) is 47.2 Å². The highest BCUT2D eigenvalue weighted by molar-refractivity contribution is 7.07. The van der Waals surface area contributed by atoms with Crippen LogP contribution in [0.5, 0.6) is 5.75 Å². The van der Waals surface area contributed by atoms with Crippen molar-refractivity contribution in [3.63, 3.8) is 0 Å².